The van der Waals surface area contributed by atoms with Crippen molar-refractivity contribution in [1.29, 1.82) is 0 Å². The molecule has 130 valence electrons. The molecule has 0 aromatic carbocycles. The lowest BCUT2D eigenvalue weighted by molar-refractivity contribution is -0.120. The number of urea groups is 1. The standard InChI is InChI=1S/C13H26N8O2/c1-9(10(14)5-4-7-18-13(16)23)20-11(12(15)22)6-2-3-8-19-21-17/h10-11,20H,1-8,14H2,(H2,15,22)(H3,16,18,23)/t10-,11-/m0/s1. The van der Waals surface area contributed by atoms with Gasteiger partial charge in [-0.25, -0.2) is 4.79 Å². The second-order valence-electron chi connectivity index (χ2n) is 5.11. The average molecular weight is 326 g/mol. The Kier molecular flexibility index (Phi) is 10.8. The summed E-state index contributed by atoms with van der Waals surface area (Å²) in [4.78, 5) is 24.6. The van der Waals surface area contributed by atoms with Crippen LogP contribution in [0.3, 0.4) is 0 Å². The van der Waals surface area contributed by atoms with Gasteiger partial charge in [-0.2, -0.15) is 0 Å². The van der Waals surface area contributed by atoms with E-state index in [1.165, 1.54) is 0 Å². The molecule has 0 radical (unpaired) electrons. The van der Waals surface area contributed by atoms with Gasteiger partial charge >= 0.3 is 6.03 Å². The molecule has 0 aliphatic heterocycles. The molecule has 0 heterocycles. The fraction of sp³-hybridized carbons (Fsp3) is 0.692. The molecule has 0 bridgehead atoms. The predicted octanol–water partition coefficient (Wildman–Crippen LogP) is 0.200. The van der Waals surface area contributed by atoms with Gasteiger partial charge in [0.15, 0.2) is 0 Å². The number of nitrogens with two attached hydrogens (primary N) is 3. The smallest absolute Gasteiger partial charge is 0.312 e. The molecule has 0 unspecified atom stereocenters. The number of nitrogens with zero attached hydrogens (tertiary/aromatic N) is 3. The molecule has 0 aromatic rings. The van der Waals surface area contributed by atoms with E-state index in [1.54, 1.807) is 0 Å². The second-order valence-corrected chi connectivity index (χ2v) is 5.11. The number of hydrogen-bond acceptors (Lipinski definition) is 5. The van der Waals surface area contributed by atoms with Crippen molar-refractivity contribution in [2.24, 2.45) is 22.3 Å². The van der Waals surface area contributed by atoms with Crippen molar-refractivity contribution in [3.63, 3.8) is 0 Å². The number of carbonyl (C=O) groups excluding carboxylic acids is 2. The van der Waals surface area contributed by atoms with Gasteiger partial charge in [-0.15, -0.1) is 0 Å². The number of rotatable bonds is 13. The molecule has 10 heteroatoms. The monoisotopic (exact) mass is 326 g/mol. The molecule has 0 rings (SSSR count). The number of nitrogens with one attached hydrogen (secondary N) is 2. The largest absolute Gasteiger partial charge is 0.376 e. The van der Waals surface area contributed by atoms with E-state index in [0.29, 0.717) is 50.9 Å². The van der Waals surface area contributed by atoms with Gasteiger partial charge in [-0.3, -0.25) is 4.79 Å². The summed E-state index contributed by atoms with van der Waals surface area (Å²) in [6.07, 6.45) is 3.08. The topological polar surface area (TPSA) is 185 Å². The molecule has 0 fully saturated rings. The van der Waals surface area contributed by atoms with E-state index < -0.39 is 18.0 Å². The number of carbonyl (C=O) groups is 2. The predicted molar refractivity (Wildman–Crippen MR) is 87.9 cm³/mol. The minimum absolute atomic E-state index is 0.366. The van der Waals surface area contributed by atoms with Crippen LogP contribution in [0, 0.1) is 0 Å². The van der Waals surface area contributed by atoms with E-state index in [0.717, 1.165) is 0 Å². The third kappa shape index (κ3) is 10.9. The average Bonchev–Trinajstić information content (AvgIpc) is 2.49. The molecule has 8 N–H and O–H groups in total. The Morgan fingerprint density at radius 2 is 1.91 bits per heavy atom. The van der Waals surface area contributed by atoms with E-state index in [-0.39, 0.29) is 6.04 Å². The third-order valence-corrected chi connectivity index (χ3v) is 3.21. The molecule has 10 nitrogen and oxygen atoms in total. The van der Waals surface area contributed by atoms with Crippen molar-refractivity contribution < 1.29 is 9.59 Å². The first-order valence-electron chi connectivity index (χ1n) is 7.42. The molecular formula is C13H26N8O2. The lowest BCUT2D eigenvalue weighted by atomic mass is 10.1. The van der Waals surface area contributed by atoms with Crippen molar-refractivity contribution in [2.45, 2.75) is 44.2 Å². The maximum absolute atomic E-state index is 11.4. The summed E-state index contributed by atoms with van der Waals surface area (Å²) in [6.45, 7) is 4.64. The number of primary amides is 2. The first-order valence-corrected chi connectivity index (χ1v) is 7.42. The van der Waals surface area contributed by atoms with Gasteiger partial charge < -0.3 is 27.8 Å². The summed E-state index contributed by atoms with van der Waals surface area (Å²) in [5, 5.41) is 8.84. The van der Waals surface area contributed by atoms with Crippen LogP contribution in [-0.4, -0.2) is 37.1 Å². The number of amides is 3. The molecule has 0 spiro atoms. The van der Waals surface area contributed by atoms with Crippen molar-refractivity contribution in [1.82, 2.24) is 10.6 Å². The van der Waals surface area contributed by atoms with Gasteiger partial charge in [0.2, 0.25) is 5.91 Å². The van der Waals surface area contributed by atoms with Crippen LogP contribution in [-0.2, 0) is 4.79 Å². The first kappa shape index (κ1) is 20.6. The Hall–Kier alpha value is -2.45. The van der Waals surface area contributed by atoms with Gasteiger partial charge in [0.05, 0.1) is 0 Å². The fourth-order valence-corrected chi connectivity index (χ4v) is 1.90. The summed E-state index contributed by atoms with van der Waals surface area (Å²) < 4.78 is 0. The third-order valence-electron chi connectivity index (χ3n) is 3.21. The van der Waals surface area contributed by atoms with Crippen LogP contribution in [0.15, 0.2) is 17.4 Å². The lowest BCUT2D eigenvalue weighted by Gasteiger charge is -2.22. The fourth-order valence-electron chi connectivity index (χ4n) is 1.90. The molecule has 0 aromatic heterocycles. The maximum atomic E-state index is 11.4. The number of hydrogen-bond donors (Lipinski definition) is 5. The molecule has 2 atom stereocenters. The highest BCUT2D eigenvalue weighted by Crippen LogP contribution is 2.07. The van der Waals surface area contributed by atoms with Gasteiger partial charge in [0.1, 0.15) is 6.04 Å². The van der Waals surface area contributed by atoms with E-state index in [4.69, 9.17) is 22.7 Å². The Balaban J connectivity index is 4.14. The molecule has 0 aliphatic rings. The van der Waals surface area contributed by atoms with Crippen molar-refractivity contribution >= 4 is 11.9 Å². The zero-order valence-corrected chi connectivity index (χ0v) is 13.2. The summed E-state index contributed by atoms with van der Waals surface area (Å²) in [7, 11) is 0. The summed E-state index contributed by atoms with van der Waals surface area (Å²) >= 11 is 0. The normalized spacial score (nSPS) is 12.6. The minimum Gasteiger partial charge on any atom is -0.376 e. The minimum atomic E-state index is -0.579. The molecule has 0 saturated heterocycles. The Morgan fingerprint density at radius 1 is 1.22 bits per heavy atom. The van der Waals surface area contributed by atoms with Crippen LogP contribution in [0.4, 0.5) is 4.79 Å². The molecule has 23 heavy (non-hydrogen) atoms. The number of azide groups is 1. The van der Waals surface area contributed by atoms with Crippen LogP contribution in [0.2, 0.25) is 0 Å². The van der Waals surface area contributed by atoms with Crippen molar-refractivity contribution in [3.05, 3.63) is 22.7 Å². The van der Waals surface area contributed by atoms with Gasteiger partial charge in [0, 0.05) is 29.7 Å². The van der Waals surface area contributed by atoms with Crippen LogP contribution in [0.1, 0.15) is 32.1 Å². The van der Waals surface area contributed by atoms with Gasteiger partial charge in [-0.1, -0.05) is 18.1 Å². The highest BCUT2D eigenvalue weighted by molar-refractivity contribution is 5.80. The van der Waals surface area contributed by atoms with E-state index >= 15 is 0 Å². The zero-order chi connectivity index (χ0) is 17.7. The van der Waals surface area contributed by atoms with Gasteiger partial charge in [0.25, 0.3) is 0 Å². The molecular weight excluding hydrogens is 300 g/mol. The van der Waals surface area contributed by atoms with Crippen LogP contribution < -0.4 is 27.8 Å². The molecule has 3 amide bonds. The van der Waals surface area contributed by atoms with E-state index in [2.05, 4.69) is 27.2 Å². The van der Waals surface area contributed by atoms with Crippen molar-refractivity contribution in [3.8, 4) is 0 Å². The lowest BCUT2D eigenvalue weighted by Crippen LogP contribution is -2.44. The second kappa shape index (κ2) is 12.1. The Labute approximate surface area is 135 Å². The van der Waals surface area contributed by atoms with E-state index in [9.17, 15) is 9.59 Å². The SMILES string of the molecule is C=C(N[C@@H](CCCCN=[N+]=[N-])C(N)=O)[C@@H](N)CCCNC(N)=O. The molecule has 0 aliphatic carbocycles. The summed E-state index contributed by atoms with van der Waals surface area (Å²) in [6, 6.07) is -1.51. The summed E-state index contributed by atoms with van der Waals surface area (Å²) in [5.41, 5.74) is 25.0. The Morgan fingerprint density at radius 3 is 2.48 bits per heavy atom. The van der Waals surface area contributed by atoms with Crippen LogP contribution in [0.25, 0.3) is 10.4 Å². The zero-order valence-electron chi connectivity index (χ0n) is 13.2. The number of unbranched alkanes of at least 4 members (excludes halogenated alkanes) is 1. The van der Waals surface area contributed by atoms with Crippen molar-refractivity contribution in [2.75, 3.05) is 13.1 Å². The van der Waals surface area contributed by atoms with Crippen LogP contribution >= 0.6 is 0 Å². The maximum Gasteiger partial charge on any atom is 0.312 e. The molecule has 0 saturated carbocycles. The van der Waals surface area contributed by atoms with Gasteiger partial charge in [-0.05, 0) is 31.2 Å². The van der Waals surface area contributed by atoms with E-state index in [1.807, 2.05) is 0 Å². The quantitative estimate of drug-likeness (QED) is 0.140. The van der Waals surface area contributed by atoms with Crippen LogP contribution in [0.5, 0.6) is 0 Å². The first-order chi connectivity index (χ1) is 10.9. The summed E-state index contributed by atoms with van der Waals surface area (Å²) in [5.74, 6) is -0.488. The highest BCUT2D eigenvalue weighted by atomic mass is 16.2. The Bertz CT molecular complexity index is 447. The highest BCUT2D eigenvalue weighted by Gasteiger charge is 2.17.